The van der Waals surface area contributed by atoms with E-state index in [9.17, 15) is 4.79 Å². The van der Waals surface area contributed by atoms with E-state index in [1.54, 1.807) is 6.92 Å². The van der Waals surface area contributed by atoms with Crippen molar-refractivity contribution in [2.75, 3.05) is 33.3 Å². The molecule has 4 heteroatoms. The molecule has 1 N–H and O–H groups in total. The van der Waals surface area contributed by atoms with Crippen molar-refractivity contribution in [1.29, 1.82) is 0 Å². The van der Waals surface area contributed by atoms with E-state index in [0.29, 0.717) is 5.57 Å². The van der Waals surface area contributed by atoms with E-state index in [1.165, 1.54) is 39.5 Å². The van der Waals surface area contributed by atoms with Crippen LogP contribution in [0, 0.1) is 5.92 Å². The third-order valence-electron chi connectivity index (χ3n) is 3.87. The third kappa shape index (κ3) is 3.82. The average Bonchev–Trinajstić information content (AvgIpc) is 3.13. The Morgan fingerprint density at radius 1 is 1.44 bits per heavy atom. The van der Waals surface area contributed by atoms with E-state index in [4.69, 9.17) is 0 Å². The summed E-state index contributed by atoms with van der Waals surface area (Å²) >= 11 is 0. The maximum absolute atomic E-state index is 11.2. The van der Waals surface area contributed by atoms with Crippen LogP contribution < -0.4 is 5.32 Å². The summed E-state index contributed by atoms with van der Waals surface area (Å²) in [5.74, 6) is 0.537. The summed E-state index contributed by atoms with van der Waals surface area (Å²) in [5.41, 5.74) is 0.677. The SMILES string of the molecule is COC(=O)C(C)=CCNCC1CCN(C2CC2)C1. The van der Waals surface area contributed by atoms with Crippen molar-refractivity contribution in [3.05, 3.63) is 11.6 Å². The lowest BCUT2D eigenvalue weighted by Gasteiger charge is -2.14. The van der Waals surface area contributed by atoms with Crippen LogP contribution in [0.3, 0.4) is 0 Å². The van der Waals surface area contributed by atoms with E-state index < -0.39 is 0 Å². The molecular formula is C14H24N2O2. The zero-order valence-electron chi connectivity index (χ0n) is 11.4. The van der Waals surface area contributed by atoms with Crippen LogP contribution in [-0.4, -0.2) is 50.2 Å². The van der Waals surface area contributed by atoms with Gasteiger partial charge in [-0.05, 0) is 45.2 Å². The number of hydrogen-bond donors (Lipinski definition) is 1. The molecule has 1 atom stereocenters. The number of nitrogens with one attached hydrogen (secondary N) is 1. The van der Waals surface area contributed by atoms with Gasteiger partial charge in [0.05, 0.1) is 7.11 Å². The third-order valence-corrected chi connectivity index (χ3v) is 3.87. The van der Waals surface area contributed by atoms with Gasteiger partial charge in [-0.2, -0.15) is 0 Å². The van der Waals surface area contributed by atoms with E-state index in [2.05, 4.69) is 15.0 Å². The predicted molar refractivity (Wildman–Crippen MR) is 71.3 cm³/mol. The van der Waals surface area contributed by atoms with Gasteiger partial charge < -0.3 is 15.0 Å². The first kappa shape index (κ1) is 13.6. The van der Waals surface area contributed by atoms with Crippen LogP contribution in [-0.2, 0) is 9.53 Å². The first-order valence-electron chi connectivity index (χ1n) is 6.90. The maximum atomic E-state index is 11.2. The molecule has 1 saturated heterocycles. The Labute approximate surface area is 109 Å². The average molecular weight is 252 g/mol. The van der Waals surface area contributed by atoms with Gasteiger partial charge >= 0.3 is 5.97 Å². The fraction of sp³-hybridized carbons (Fsp3) is 0.786. The summed E-state index contributed by atoms with van der Waals surface area (Å²) in [5, 5.41) is 3.41. The number of nitrogens with zero attached hydrogens (tertiary/aromatic N) is 1. The molecule has 18 heavy (non-hydrogen) atoms. The van der Waals surface area contributed by atoms with Crippen LogP contribution >= 0.6 is 0 Å². The Bertz CT molecular complexity index is 324. The van der Waals surface area contributed by atoms with Gasteiger partial charge in [-0.1, -0.05) is 6.08 Å². The number of carbonyl (C=O) groups is 1. The molecule has 0 bridgehead atoms. The Hall–Kier alpha value is -0.870. The second kappa shape index (κ2) is 6.34. The first-order chi connectivity index (χ1) is 8.70. The van der Waals surface area contributed by atoms with Gasteiger partial charge in [0.2, 0.25) is 0 Å². The standard InChI is InChI=1S/C14H24N2O2/c1-11(14(17)18-2)5-7-15-9-12-6-8-16(10-12)13-3-4-13/h5,12-13,15H,3-4,6-10H2,1-2H3. The highest BCUT2D eigenvalue weighted by Gasteiger charge is 2.33. The molecule has 0 aromatic rings. The van der Waals surface area contributed by atoms with Crippen molar-refractivity contribution in [3.63, 3.8) is 0 Å². The Kier molecular flexibility index (Phi) is 4.78. The molecule has 1 aliphatic carbocycles. The molecule has 0 amide bonds. The predicted octanol–water partition coefficient (Wildman–Crippen LogP) is 1.18. The van der Waals surface area contributed by atoms with Gasteiger partial charge in [0.15, 0.2) is 0 Å². The molecule has 0 aromatic carbocycles. The minimum absolute atomic E-state index is 0.238. The zero-order valence-corrected chi connectivity index (χ0v) is 11.4. The molecule has 1 unspecified atom stereocenters. The molecule has 1 aliphatic heterocycles. The number of carbonyl (C=O) groups excluding carboxylic acids is 1. The minimum atomic E-state index is -0.238. The van der Waals surface area contributed by atoms with Crippen molar-refractivity contribution >= 4 is 5.97 Å². The van der Waals surface area contributed by atoms with Crippen LogP contribution in [0.25, 0.3) is 0 Å². The molecule has 0 aromatic heterocycles. The molecule has 2 rings (SSSR count). The fourth-order valence-corrected chi connectivity index (χ4v) is 2.56. The quantitative estimate of drug-likeness (QED) is 0.438. The summed E-state index contributed by atoms with van der Waals surface area (Å²) < 4.78 is 4.65. The number of likely N-dealkylation sites (tertiary alicyclic amines) is 1. The largest absolute Gasteiger partial charge is 0.466 e. The zero-order chi connectivity index (χ0) is 13.0. The second-order valence-electron chi connectivity index (χ2n) is 5.42. The summed E-state index contributed by atoms with van der Waals surface area (Å²) in [6.45, 7) is 6.11. The summed E-state index contributed by atoms with van der Waals surface area (Å²) in [6.07, 6.45) is 6.02. The number of rotatable bonds is 6. The van der Waals surface area contributed by atoms with E-state index in [-0.39, 0.29) is 5.97 Å². The lowest BCUT2D eigenvalue weighted by atomic mass is 10.1. The highest BCUT2D eigenvalue weighted by molar-refractivity contribution is 5.87. The topological polar surface area (TPSA) is 41.6 Å². The van der Waals surface area contributed by atoms with E-state index in [0.717, 1.165) is 25.0 Å². The van der Waals surface area contributed by atoms with Crippen LogP contribution in [0.2, 0.25) is 0 Å². The van der Waals surface area contributed by atoms with E-state index in [1.807, 2.05) is 6.08 Å². The van der Waals surface area contributed by atoms with Crippen LogP contribution in [0.15, 0.2) is 11.6 Å². The van der Waals surface area contributed by atoms with Crippen molar-refractivity contribution in [3.8, 4) is 0 Å². The molecule has 2 fully saturated rings. The van der Waals surface area contributed by atoms with Gasteiger partial charge in [0.1, 0.15) is 0 Å². The van der Waals surface area contributed by atoms with Crippen molar-refractivity contribution < 1.29 is 9.53 Å². The fourth-order valence-electron chi connectivity index (χ4n) is 2.56. The normalized spacial score (nSPS) is 25.4. The van der Waals surface area contributed by atoms with Gasteiger partial charge in [-0.15, -0.1) is 0 Å². The molecule has 4 nitrogen and oxygen atoms in total. The van der Waals surface area contributed by atoms with Crippen LogP contribution in [0.5, 0.6) is 0 Å². The molecule has 0 radical (unpaired) electrons. The van der Waals surface area contributed by atoms with Gasteiger partial charge in [0.25, 0.3) is 0 Å². The Morgan fingerprint density at radius 2 is 2.22 bits per heavy atom. The summed E-state index contributed by atoms with van der Waals surface area (Å²) in [4.78, 5) is 13.8. The lowest BCUT2D eigenvalue weighted by molar-refractivity contribution is -0.136. The number of ether oxygens (including phenoxy) is 1. The number of methoxy groups -OCH3 is 1. The van der Waals surface area contributed by atoms with Crippen molar-refractivity contribution in [1.82, 2.24) is 10.2 Å². The van der Waals surface area contributed by atoms with Gasteiger partial charge in [-0.25, -0.2) is 4.79 Å². The minimum Gasteiger partial charge on any atom is -0.466 e. The summed E-state index contributed by atoms with van der Waals surface area (Å²) in [6, 6.07) is 0.900. The van der Waals surface area contributed by atoms with Gasteiger partial charge in [-0.3, -0.25) is 0 Å². The highest BCUT2D eigenvalue weighted by Crippen LogP contribution is 2.31. The van der Waals surface area contributed by atoms with Crippen molar-refractivity contribution in [2.24, 2.45) is 5.92 Å². The first-order valence-corrected chi connectivity index (χ1v) is 6.90. The Balaban J connectivity index is 1.59. The van der Waals surface area contributed by atoms with Crippen molar-refractivity contribution in [2.45, 2.75) is 32.2 Å². The highest BCUT2D eigenvalue weighted by atomic mass is 16.5. The number of hydrogen-bond acceptors (Lipinski definition) is 4. The molecule has 2 aliphatic rings. The van der Waals surface area contributed by atoms with Crippen LogP contribution in [0.1, 0.15) is 26.2 Å². The van der Waals surface area contributed by atoms with Gasteiger partial charge in [0, 0.05) is 24.7 Å². The molecular weight excluding hydrogens is 228 g/mol. The van der Waals surface area contributed by atoms with Crippen LogP contribution in [0.4, 0.5) is 0 Å². The monoisotopic (exact) mass is 252 g/mol. The smallest absolute Gasteiger partial charge is 0.333 e. The molecule has 1 saturated carbocycles. The summed E-state index contributed by atoms with van der Waals surface area (Å²) in [7, 11) is 1.41. The molecule has 102 valence electrons. The lowest BCUT2D eigenvalue weighted by Crippen LogP contribution is -2.27. The molecule has 1 heterocycles. The Morgan fingerprint density at radius 3 is 2.89 bits per heavy atom. The van der Waals surface area contributed by atoms with E-state index >= 15 is 0 Å². The second-order valence-corrected chi connectivity index (χ2v) is 5.42. The molecule has 0 spiro atoms. The maximum Gasteiger partial charge on any atom is 0.333 e. The number of esters is 1.